The van der Waals surface area contributed by atoms with E-state index in [4.69, 9.17) is 9.47 Å². The number of carbonyl (C=O) groups excluding carboxylic acids is 2. The molecule has 0 aliphatic carbocycles. The molecule has 0 spiro atoms. The van der Waals surface area contributed by atoms with Crippen molar-refractivity contribution in [1.82, 2.24) is 0 Å². The minimum atomic E-state index is -0.532. The number of anilines is 1. The summed E-state index contributed by atoms with van der Waals surface area (Å²) in [6.45, 7) is 7.39. The van der Waals surface area contributed by atoms with Crippen LogP contribution < -0.4 is 9.64 Å². The number of amides is 2. The highest BCUT2D eigenvalue weighted by atomic mass is 16.5. The Morgan fingerprint density at radius 2 is 1.55 bits per heavy atom. The highest BCUT2D eigenvalue weighted by Gasteiger charge is 2.58. The van der Waals surface area contributed by atoms with E-state index in [1.54, 1.807) is 43.5 Å². The average Bonchev–Trinajstić information content (AvgIpc) is 3.04. The van der Waals surface area contributed by atoms with Gasteiger partial charge < -0.3 is 9.47 Å². The number of fused-ring (bicyclic) bond motifs is 1. The van der Waals surface area contributed by atoms with E-state index in [2.05, 4.69) is 13.2 Å². The summed E-state index contributed by atoms with van der Waals surface area (Å²) >= 11 is 0. The van der Waals surface area contributed by atoms with Crippen molar-refractivity contribution in [3.63, 3.8) is 0 Å². The molecule has 2 amide bonds. The van der Waals surface area contributed by atoms with Crippen LogP contribution in [0.25, 0.3) is 0 Å². The molecule has 3 rings (SSSR count). The molecule has 2 saturated heterocycles. The van der Waals surface area contributed by atoms with Crippen LogP contribution in [0.15, 0.2) is 49.6 Å². The lowest BCUT2D eigenvalue weighted by molar-refractivity contribution is -0.124. The second-order valence-electron chi connectivity index (χ2n) is 5.30. The van der Waals surface area contributed by atoms with Crippen LogP contribution in [-0.4, -0.2) is 31.1 Å². The third kappa shape index (κ3) is 1.97. The van der Waals surface area contributed by atoms with Crippen LogP contribution in [0.5, 0.6) is 5.75 Å². The molecule has 114 valence electrons. The number of methoxy groups -OCH3 is 1. The maximum absolute atomic E-state index is 12.7. The summed E-state index contributed by atoms with van der Waals surface area (Å²) < 4.78 is 10.8. The van der Waals surface area contributed by atoms with Gasteiger partial charge >= 0.3 is 0 Å². The first-order valence-electron chi connectivity index (χ1n) is 7.04. The SMILES string of the molecule is C=C[C@@H]1O[C@H](C=C)[C@@H]2C(=O)N(c3ccc(OC)cc3)C(=O)[C@@H]21. The van der Waals surface area contributed by atoms with E-state index in [1.807, 2.05) is 0 Å². The van der Waals surface area contributed by atoms with Crippen molar-refractivity contribution in [3.8, 4) is 5.75 Å². The molecule has 5 nitrogen and oxygen atoms in total. The first-order chi connectivity index (χ1) is 10.6. The average molecular weight is 299 g/mol. The van der Waals surface area contributed by atoms with Crippen molar-refractivity contribution in [2.24, 2.45) is 11.8 Å². The van der Waals surface area contributed by atoms with Crippen LogP contribution in [0.1, 0.15) is 0 Å². The summed E-state index contributed by atoms with van der Waals surface area (Å²) in [6.07, 6.45) is 2.22. The Balaban J connectivity index is 1.97. The molecule has 22 heavy (non-hydrogen) atoms. The molecule has 1 aromatic rings. The third-order valence-corrected chi connectivity index (χ3v) is 4.22. The van der Waals surface area contributed by atoms with Gasteiger partial charge in [0, 0.05) is 0 Å². The van der Waals surface area contributed by atoms with Gasteiger partial charge in [-0.25, -0.2) is 4.90 Å². The van der Waals surface area contributed by atoms with E-state index in [0.29, 0.717) is 11.4 Å². The van der Waals surface area contributed by atoms with E-state index in [-0.39, 0.29) is 11.8 Å². The van der Waals surface area contributed by atoms with E-state index in [9.17, 15) is 9.59 Å². The summed E-state index contributed by atoms with van der Waals surface area (Å²) in [5.41, 5.74) is 0.538. The van der Waals surface area contributed by atoms with Crippen LogP contribution in [0.2, 0.25) is 0 Å². The highest BCUT2D eigenvalue weighted by Crippen LogP contribution is 2.43. The molecular formula is C17H17NO4. The van der Waals surface area contributed by atoms with Gasteiger partial charge in [0.25, 0.3) is 0 Å². The van der Waals surface area contributed by atoms with Crippen molar-refractivity contribution < 1.29 is 19.1 Å². The predicted molar refractivity (Wildman–Crippen MR) is 81.5 cm³/mol. The lowest BCUT2D eigenvalue weighted by atomic mass is 9.89. The Labute approximate surface area is 128 Å². The van der Waals surface area contributed by atoms with Gasteiger partial charge in [0.2, 0.25) is 11.8 Å². The first-order valence-corrected chi connectivity index (χ1v) is 7.04. The quantitative estimate of drug-likeness (QED) is 0.630. The highest BCUT2D eigenvalue weighted by molar-refractivity contribution is 6.22. The van der Waals surface area contributed by atoms with Gasteiger partial charge in [0.1, 0.15) is 5.75 Å². The van der Waals surface area contributed by atoms with Crippen LogP contribution in [0.4, 0.5) is 5.69 Å². The molecule has 0 bridgehead atoms. The Morgan fingerprint density at radius 1 is 1.05 bits per heavy atom. The maximum atomic E-state index is 12.7. The maximum Gasteiger partial charge on any atom is 0.240 e. The van der Waals surface area contributed by atoms with Crippen molar-refractivity contribution >= 4 is 17.5 Å². The Hall–Kier alpha value is -2.40. The minimum Gasteiger partial charge on any atom is -0.497 e. The number of benzene rings is 1. The van der Waals surface area contributed by atoms with Gasteiger partial charge in [-0.15, -0.1) is 13.2 Å². The number of ether oxygens (including phenoxy) is 2. The van der Waals surface area contributed by atoms with Crippen LogP contribution in [-0.2, 0) is 14.3 Å². The fraction of sp³-hybridized carbons (Fsp3) is 0.294. The van der Waals surface area contributed by atoms with Crippen molar-refractivity contribution in [1.29, 1.82) is 0 Å². The van der Waals surface area contributed by atoms with E-state index in [1.165, 1.54) is 4.90 Å². The Morgan fingerprint density at radius 3 is 1.95 bits per heavy atom. The van der Waals surface area contributed by atoms with Gasteiger partial charge in [-0.3, -0.25) is 9.59 Å². The summed E-state index contributed by atoms with van der Waals surface area (Å²) in [6, 6.07) is 6.83. The lowest BCUT2D eigenvalue weighted by Gasteiger charge is -2.19. The monoisotopic (exact) mass is 299 g/mol. The van der Waals surface area contributed by atoms with Crippen LogP contribution >= 0.6 is 0 Å². The molecule has 2 fully saturated rings. The number of nitrogens with zero attached hydrogens (tertiary/aromatic N) is 1. The van der Waals surface area contributed by atoms with Gasteiger partial charge in [0.05, 0.1) is 36.8 Å². The smallest absolute Gasteiger partial charge is 0.240 e. The summed E-state index contributed by atoms with van der Waals surface area (Å²) in [4.78, 5) is 26.6. The molecule has 0 N–H and O–H groups in total. The summed E-state index contributed by atoms with van der Waals surface area (Å²) in [7, 11) is 1.56. The van der Waals surface area contributed by atoms with Crippen molar-refractivity contribution in [2.45, 2.75) is 12.2 Å². The molecule has 0 unspecified atom stereocenters. The molecule has 2 heterocycles. The Bertz CT molecular complexity index is 605. The zero-order chi connectivity index (χ0) is 15.9. The molecule has 0 aromatic heterocycles. The summed E-state index contributed by atoms with van der Waals surface area (Å²) in [5.74, 6) is -0.909. The van der Waals surface area contributed by atoms with E-state index >= 15 is 0 Å². The summed E-state index contributed by atoms with van der Waals surface area (Å²) in [5, 5.41) is 0. The standard InChI is InChI=1S/C17H17NO4/c1-4-12-14-15(13(5-2)22-12)17(20)18(16(14)19)10-6-8-11(21-3)9-7-10/h4-9,12-15H,1-2H2,3H3/t12-,13+,14+,15-. The molecule has 0 saturated carbocycles. The number of carbonyl (C=O) groups is 2. The third-order valence-electron chi connectivity index (χ3n) is 4.22. The van der Waals surface area contributed by atoms with Crippen LogP contribution in [0.3, 0.4) is 0 Å². The number of hydrogen-bond acceptors (Lipinski definition) is 4. The molecule has 2 aliphatic heterocycles. The molecular weight excluding hydrogens is 282 g/mol. The molecule has 1 aromatic carbocycles. The fourth-order valence-electron chi connectivity index (χ4n) is 3.14. The second kappa shape index (κ2) is 5.42. The molecule has 4 atom stereocenters. The van der Waals surface area contributed by atoms with Gasteiger partial charge in [-0.05, 0) is 24.3 Å². The Kier molecular flexibility index (Phi) is 3.58. The predicted octanol–water partition coefficient (Wildman–Crippen LogP) is 1.94. The van der Waals surface area contributed by atoms with Crippen molar-refractivity contribution in [2.75, 3.05) is 12.0 Å². The van der Waals surface area contributed by atoms with Gasteiger partial charge in [-0.1, -0.05) is 12.2 Å². The van der Waals surface area contributed by atoms with Gasteiger partial charge in [-0.2, -0.15) is 0 Å². The number of hydrogen-bond donors (Lipinski definition) is 0. The number of imide groups is 1. The zero-order valence-electron chi connectivity index (χ0n) is 12.3. The van der Waals surface area contributed by atoms with Gasteiger partial charge in [0.15, 0.2) is 0 Å². The number of rotatable bonds is 4. The largest absolute Gasteiger partial charge is 0.497 e. The van der Waals surface area contributed by atoms with E-state index in [0.717, 1.165) is 0 Å². The topological polar surface area (TPSA) is 55.8 Å². The minimum absolute atomic E-state index is 0.255. The first kappa shape index (κ1) is 14.5. The van der Waals surface area contributed by atoms with E-state index < -0.39 is 24.0 Å². The normalized spacial score (nSPS) is 30.3. The van der Waals surface area contributed by atoms with Crippen molar-refractivity contribution in [3.05, 3.63) is 49.6 Å². The lowest BCUT2D eigenvalue weighted by Crippen LogP contribution is -2.35. The molecule has 2 aliphatic rings. The fourth-order valence-corrected chi connectivity index (χ4v) is 3.14. The molecule has 5 heteroatoms. The zero-order valence-corrected chi connectivity index (χ0v) is 12.3. The molecule has 0 radical (unpaired) electrons. The second-order valence-corrected chi connectivity index (χ2v) is 5.30. The van der Waals surface area contributed by atoms with Crippen LogP contribution in [0, 0.1) is 11.8 Å².